The third-order valence-electron chi connectivity index (χ3n) is 5.40. The maximum Gasteiger partial charge on any atom is 0.119 e. The van der Waals surface area contributed by atoms with Gasteiger partial charge in [-0.3, -0.25) is 0 Å². The zero-order valence-corrected chi connectivity index (χ0v) is 17.2. The molecule has 2 atom stereocenters. The summed E-state index contributed by atoms with van der Waals surface area (Å²) < 4.78 is 5.27. The van der Waals surface area contributed by atoms with Crippen LogP contribution >= 0.6 is 0 Å². The van der Waals surface area contributed by atoms with Gasteiger partial charge in [0.25, 0.3) is 0 Å². The molecule has 0 saturated carbocycles. The van der Waals surface area contributed by atoms with Gasteiger partial charge in [0, 0.05) is 18.2 Å². The van der Waals surface area contributed by atoms with Crippen molar-refractivity contribution in [3.63, 3.8) is 0 Å². The minimum absolute atomic E-state index is 0.234. The van der Waals surface area contributed by atoms with Crippen molar-refractivity contribution >= 4 is 5.69 Å². The highest BCUT2D eigenvalue weighted by molar-refractivity contribution is 5.48. The summed E-state index contributed by atoms with van der Waals surface area (Å²) in [5.41, 5.74) is 5.46. The highest BCUT2D eigenvalue weighted by atomic mass is 16.5. The van der Waals surface area contributed by atoms with Crippen molar-refractivity contribution in [1.82, 2.24) is 5.32 Å². The van der Waals surface area contributed by atoms with Crippen LogP contribution in [0.1, 0.15) is 38.3 Å². The SMILES string of the molecule is COc1ccc(N[C@@H](C/C=C/[C@H]2CNCCC2=C(C)C)c2ccccc2)cc1. The van der Waals surface area contributed by atoms with Gasteiger partial charge in [0.2, 0.25) is 0 Å². The first-order valence-corrected chi connectivity index (χ1v) is 10.2. The number of ether oxygens (including phenoxy) is 1. The van der Waals surface area contributed by atoms with Gasteiger partial charge < -0.3 is 15.4 Å². The summed E-state index contributed by atoms with van der Waals surface area (Å²) in [4.78, 5) is 0. The summed E-state index contributed by atoms with van der Waals surface area (Å²) in [6.45, 7) is 6.61. The summed E-state index contributed by atoms with van der Waals surface area (Å²) in [6.07, 6.45) is 6.83. The Morgan fingerprint density at radius 1 is 1.14 bits per heavy atom. The first-order valence-electron chi connectivity index (χ1n) is 10.2. The number of hydrogen-bond acceptors (Lipinski definition) is 3. The topological polar surface area (TPSA) is 33.3 Å². The Hall–Kier alpha value is -2.52. The third kappa shape index (κ3) is 5.49. The van der Waals surface area contributed by atoms with E-state index in [2.05, 4.69) is 79.1 Å². The van der Waals surface area contributed by atoms with E-state index < -0.39 is 0 Å². The molecule has 1 aliphatic rings. The van der Waals surface area contributed by atoms with Gasteiger partial charge in [0.05, 0.1) is 13.2 Å². The predicted molar refractivity (Wildman–Crippen MR) is 119 cm³/mol. The normalized spacial score (nSPS) is 18.1. The number of hydrogen-bond donors (Lipinski definition) is 2. The molecule has 28 heavy (non-hydrogen) atoms. The van der Waals surface area contributed by atoms with Crippen LogP contribution in [0.3, 0.4) is 0 Å². The van der Waals surface area contributed by atoms with Gasteiger partial charge in [-0.2, -0.15) is 0 Å². The molecule has 1 fully saturated rings. The number of rotatable bonds is 7. The Bertz CT molecular complexity index is 789. The number of nitrogens with one attached hydrogen (secondary N) is 2. The average Bonchev–Trinajstić information content (AvgIpc) is 2.74. The number of allylic oxidation sites excluding steroid dienone is 1. The van der Waals surface area contributed by atoms with E-state index in [9.17, 15) is 0 Å². The number of piperidine rings is 1. The summed E-state index contributed by atoms with van der Waals surface area (Å²) in [5.74, 6) is 1.39. The Morgan fingerprint density at radius 2 is 1.89 bits per heavy atom. The molecule has 2 aromatic carbocycles. The highest BCUT2D eigenvalue weighted by Crippen LogP contribution is 2.27. The molecule has 3 rings (SSSR count). The van der Waals surface area contributed by atoms with Crippen LogP contribution in [0.4, 0.5) is 5.69 Å². The molecular weight excluding hydrogens is 344 g/mol. The van der Waals surface area contributed by atoms with Crippen molar-refractivity contribution in [1.29, 1.82) is 0 Å². The summed E-state index contributed by atoms with van der Waals surface area (Å²) in [5, 5.41) is 7.21. The van der Waals surface area contributed by atoms with Gasteiger partial charge in [0.1, 0.15) is 5.75 Å². The lowest BCUT2D eigenvalue weighted by atomic mass is 9.88. The van der Waals surface area contributed by atoms with Gasteiger partial charge in [-0.05, 0) is 63.1 Å². The minimum Gasteiger partial charge on any atom is -0.497 e. The molecule has 0 spiro atoms. The largest absolute Gasteiger partial charge is 0.497 e. The molecule has 0 bridgehead atoms. The second-order valence-electron chi connectivity index (χ2n) is 7.59. The van der Waals surface area contributed by atoms with E-state index in [1.54, 1.807) is 12.7 Å². The summed E-state index contributed by atoms with van der Waals surface area (Å²) in [7, 11) is 1.70. The molecule has 0 aliphatic carbocycles. The van der Waals surface area contributed by atoms with Crippen molar-refractivity contribution in [2.75, 3.05) is 25.5 Å². The third-order valence-corrected chi connectivity index (χ3v) is 5.40. The second kappa shape index (κ2) is 10.1. The van der Waals surface area contributed by atoms with E-state index in [1.165, 1.54) is 11.1 Å². The fourth-order valence-corrected chi connectivity index (χ4v) is 3.83. The monoisotopic (exact) mass is 376 g/mol. The molecule has 2 N–H and O–H groups in total. The van der Waals surface area contributed by atoms with Crippen molar-refractivity contribution in [2.24, 2.45) is 5.92 Å². The van der Waals surface area contributed by atoms with E-state index in [-0.39, 0.29) is 6.04 Å². The molecule has 3 heteroatoms. The lowest BCUT2D eigenvalue weighted by Gasteiger charge is -2.26. The maximum atomic E-state index is 5.27. The molecule has 0 radical (unpaired) electrons. The number of benzene rings is 2. The lowest BCUT2D eigenvalue weighted by molar-refractivity contribution is 0.415. The molecule has 1 aliphatic heterocycles. The Morgan fingerprint density at radius 3 is 2.57 bits per heavy atom. The zero-order chi connectivity index (χ0) is 19.8. The predicted octanol–water partition coefficient (Wildman–Crippen LogP) is 5.74. The second-order valence-corrected chi connectivity index (χ2v) is 7.59. The van der Waals surface area contributed by atoms with E-state index in [4.69, 9.17) is 4.74 Å². The summed E-state index contributed by atoms with van der Waals surface area (Å²) >= 11 is 0. The van der Waals surface area contributed by atoms with Crippen LogP contribution < -0.4 is 15.4 Å². The van der Waals surface area contributed by atoms with Crippen molar-refractivity contribution in [3.8, 4) is 5.75 Å². The van der Waals surface area contributed by atoms with E-state index in [0.717, 1.165) is 37.4 Å². The van der Waals surface area contributed by atoms with E-state index >= 15 is 0 Å². The van der Waals surface area contributed by atoms with Crippen molar-refractivity contribution in [3.05, 3.63) is 83.5 Å². The van der Waals surface area contributed by atoms with Crippen LogP contribution in [0.25, 0.3) is 0 Å². The molecule has 3 nitrogen and oxygen atoms in total. The van der Waals surface area contributed by atoms with Gasteiger partial charge >= 0.3 is 0 Å². The Balaban J connectivity index is 1.73. The maximum absolute atomic E-state index is 5.27. The number of anilines is 1. The average molecular weight is 377 g/mol. The zero-order valence-electron chi connectivity index (χ0n) is 17.2. The first-order chi connectivity index (χ1) is 13.7. The van der Waals surface area contributed by atoms with Gasteiger partial charge in [-0.25, -0.2) is 0 Å². The molecule has 1 saturated heterocycles. The van der Waals surface area contributed by atoms with E-state index in [0.29, 0.717) is 5.92 Å². The fourth-order valence-electron chi connectivity index (χ4n) is 3.83. The van der Waals surface area contributed by atoms with Gasteiger partial charge in [-0.15, -0.1) is 0 Å². The van der Waals surface area contributed by atoms with Gasteiger partial charge in [0.15, 0.2) is 0 Å². The van der Waals surface area contributed by atoms with Crippen molar-refractivity contribution < 1.29 is 4.74 Å². The molecular formula is C25H32N2O. The standard InChI is InChI=1S/C25H32N2O/c1-19(2)24-16-17-26-18-21(24)10-7-11-25(20-8-5-4-6-9-20)27-22-12-14-23(28-3)15-13-22/h4-10,12-15,21,25-27H,11,16-18H2,1-3H3/b10-7+/t21-,25-/m0/s1. The van der Waals surface area contributed by atoms with E-state index in [1.807, 2.05) is 12.1 Å². The number of methoxy groups -OCH3 is 1. The highest BCUT2D eigenvalue weighted by Gasteiger charge is 2.17. The molecule has 0 amide bonds. The Kier molecular flexibility index (Phi) is 7.32. The molecule has 0 aromatic heterocycles. The smallest absolute Gasteiger partial charge is 0.119 e. The first kappa shape index (κ1) is 20.2. The minimum atomic E-state index is 0.234. The van der Waals surface area contributed by atoms with Crippen LogP contribution in [-0.4, -0.2) is 20.2 Å². The van der Waals surface area contributed by atoms with Crippen LogP contribution in [0, 0.1) is 5.92 Å². The lowest BCUT2D eigenvalue weighted by Crippen LogP contribution is -2.31. The Labute approximate surface area is 169 Å². The van der Waals surface area contributed by atoms with Gasteiger partial charge in [-0.1, -0.05) is 53.6 Å². The molecule has 0 unspecified atom stereocenters. The van der Waals surface area contributed by atoms with Crippen LogP contribution in [0.2, 0.25) is 0 Å². The fraction of sp³-hybridized carbons (Fsp3) is 0.360. The van der Waals surface area contributed by atoms with Crippen LogP contribution in [0.5, 0.6) is 5.75 Å². The van der Waals surface area contributed by atoms with Crippen molar-refractivity contribution in [2.45, 2.75) is 32.7 Å². The quantitative estimate of drug-likeness (QED) is 0.605. The molecule has 1 heterocycles. The summed E-state index contributed by atoms with van der Waals surface area (Å²) in [6, 6.07) is 19.0. The molecule has 2 aromatic rings. The van der Waals surface area contributed by atoms with Crippen LogP contribution in [-0.2, 0) is 0 Å². The molecule has 148 valence electrons. The van der Waals surface area contributed by atoms with Crippen LogP contribution in [0.15, 0.2) is 77.9 Å².